The van der Waals surface area contributed by atoms with Gasteiger partial charge in [-0.3, -0.25) is 0 Å². The van der Waals surface area contributed by atoms with E-state index in [9.17, 15) is 4.79 Å². The molecule has 4 nitrogen and oxygen atoms in total. The zero-order chi connectivity index (χ0) is 18.0. The van der Waals surface area contributed by atoms with Crippen LogP contribution in [0, 0.1) is 0 Å². The summed E-state index contributed by atoms with van der Waals surface area (Å²) < 4.78 is 11.0. The third-order valence-electron chi connectivity index (χ3n) is 5.18. The van der Waals surface area contributed by atoms with Crippen LogP contribution in [-0.2, 0) is 0 Å². The topological polar surface area (TPSA) is 42.7 Å². The van der Waals surface area contributed by atoms with Gasteiger partial charge in [0.25, 0.3) is 0 Å². The predicted molar refractivity (Wildman–Crippen MR) is 106 cm³/mol. The minimum absolute atomic E-state index is 0.324. The standard InChI is InChI=1S/C22H31NO3/c24-22-13-11-19-10-12-20(18-21(19)26-22)25-17-9-4-2-1-3-6-14-23-15-7-5-8-16-23/h10-13,18H,1-9,14-17H2. The highest BCUT2D eigenvalue weighted by atomic mass is 16.5. The average molecular weight is 357 g/mol. The highest BCUT2D eigenvalue weighted by Crippen LogP contribution is 2.20. The second kappa shape index (κ2) is 10.4. The molecule has 0 bridgehead atoms. The van der Waals surface area contributed by atoms with Gasteiger partial charge in [0.1, 0.15) is 11.3 Å². The molecule has 0 radical (unpaired) electrons. The van der Waals surface area contributed by atoms with Crippen molar-refractivity contribution in [3.63, 3.8) is 0 Å². The lowest BCUT2D eigenvalue weighted by Crippen LogP contribution is -2.30. The largest absolute Gasteiger partial charge is 0.493 e. The fourth-order valence-corrected chi connectivity index (χ4v) is 3.65. The van der Waals surface area contributed by atoms with Gasteiger partial charge in [-0.2, -0.15) is 0 Å². The number of fused-ring (bicyclic) bond motifs is 1. The van der Waals surface area contributed by atoms with Crippen LogP contribution < -0.4 is 10.4 Å². The molecule has 0 amide bonds. The van der Waals surface area contributed by atoms with Crippen molar-refractivity contribution in [3.8, 4) is 5.75 Å². The Morgan fingerprint density at radius 1 is 0.885 bits per heavy atom. The molecule has 1 aliphatic rings. The van der Waals surface area contributed by atoms with E-state index in [1.165, 1.54) is 77.1 Å². The van der Waals surface area contributed by atoms with Gasteiger partial charge in [0.15, 0.2) is 0 Å². The van der Waals surface area contributed by atoms with Crippen LogP contribution in [0.2, 0.25) is 0 Å². The molecule has 0 spiro atoms. The van der Waals surface area contributed by atoms with Gasteiger partial charge in [0.05, 0.1) is 6.61 Å². The van der Waals surface area contributed by atoms with Crippen molar-refractivity contribution in [2.45, 2.75) is 57.8 Å². The molecule has 0 N–H and O–H groups in total. The number of piperidine rings is 1. The van der Waals surface area contributed by atoms with Gasteiger partial charge in [0.2, 0.25) is 0 Å². The van der Waals surface area contributed by atoms with E-state index in [1.54, 1.807) is 12.1 Å². The number of hydrogen-bond donors (Lipinski definition) is 0. The van der Waals surface area contributed by atoms with Crippen molar-refractivity contribution in [1.29, 1.82) is 0 Å². The first-order chi connectivity index (χ1) is 12.8. The molecule has 0 atom stereocenters. The number of benzene rings is 1. The molecule has 1 fully saturated rings. The number of ether oxygens (including phenoxy) is 1. The van der Waals surface area contributed by atoms with Gasteiger partial charge in [0, 0.05) is 17.5 Å². The molecule has 26 heavy (non-hydrogen) atoms. The third-order valence-corrected chi connectivity index (χ3v) is 5.18. The lowest BCUT2D eigenvalue weighted by atomic mass is 10.1. The predicted octanol–water partition coefficient (Wildman–Crippen LogP) is 5.00. The lowest BCUT2D eigenvalue weighted by Gasteiger charge is -2.26. The first-order valence-corrected chi connectivity index (χ1v) is 10.2. The first kappa shape index (κ1) is 19.0. The summed E-state index contributed by atoms with van der Waals surface area (Å²) in [7, 11) is 0. The zero-order valence-corrected chi connectivity index (χ0v) is 15.8. The molecule has 1 aromatic carbocycles. The molecule has 1 aliphatic heterocycles. The Bertz CT molecular complexity index is 719. The van der Waals surface area contributed by atoms with E-state index in [0.29, 0.717) is 5.58 Å². The summed E-state index contributed by atoms with van der Waals surface area (Å²) in [4.78, 5) is 13.9. The Kier molecular flexibility index (Phi) is 7.56. The van der Waals surface area contributed by atoms with Crippen molar-refractivity contribution in [1.82, 2.24) is 4.90 Å². The van der Waals surface area contributed by atoms with Crippen LogP contribution in [0.3, 0.4) is 0 Å². The monoisotopic (exact) mass is 357 g/mol. The molecule has 0 unspecified atom stereocenters. The van der Waals surface area contributed by atoms with Gasteiger partial charge < -0.3 is 14.1 Å². The SMILES string of the molecule is O=c1ccc2ccc(OCCCCCCCCN3CCCCC3)cc2o1. The van der Waals surface area contributed by atoms with Crippen LogP contribution in [-0.4, -0.2) is 31.1 Å². The van der Waals surface area contributed by atoms with E-state index < -0.39 is 0 Å². The number of hydrogen-bond acceptors (Lipinski definition) is 4. The molecule has 0 aliphatic carbocycles. The summed E-state index contributed by atoms with van der Waals surface area (Å²) in [6.45, 7) is 4.64. The fraction of sp³-hybridized carbons (Fsp3) is 0.591. The smallest absolute Gasteiger partial charge is 0.336 e. The normalized spacial score (nSPS) is 15.4. The fourth-order valence-electron chi connectivity index (χ4n) is 3.65. The van der Waals surface area contributed by atoms with E-state index in [-0.39, 0.29) is 5.63 Å². The maximum Gasteiger partial charge on any atom is 0.336 e. The molecule has 142 valence electrons. The van der Waals surface area contributed by atoms with Gasteiger partial charge in [-0.15, -0.1) is 0 Å². The summed E-state index contributed by atoms with van der Waals surface area (Å²) in [6.07, 6.45) is 11.8. The van der Waals surface area contributed by atoms with E-state index in [0.717, 1.165) is 24.2 Å². The minimum Gasteiger partial charge on any atom is -0.493 e. The summed E-state index contributed by atoms with van der Waals surface area (Å²) in [5, 5.41) is 0.918. The molecule has 1 saturated heterocycles. The Labute approximate surface area is 156 Å². The summed E-state index contributed by atoms with van der Waals surface area (Å²) in [6, 6.07) is 8.88. The third kappa shape index (κ3) is 6.17. The molecule has 4 heteroatoms. The van der Waals surface area contributed by atoms with Crippen LogP contribution in [0.15, 0.2) is 39.5 Å². The van der Waals surface area contributed by atoms with Crippen molar-refractivity contribution in [3.05, 3.63) is 40.8 Å². The quantitative estimate of drug-likeness (QED) is 0.443. The van der Waals surface area contributed by atoms with Crippen molar-refractivity contribution in [2.24, 2.45) is 0 Å². The van der Waals surface area contributed by atoms with Crippen LogP contribution in [0.1, 0.15) is 57.8 Å². The van der Waals surface area contributed by atoms with E-state index in [1.807, 2.05) is 12.1 Å². The zero-order valence-electron chi connectivity index (χ0n) is 15.8. The van der Waals surface area contributed by atoms with Crippen molar-refractivity contribution in [2.75, 3.05) is 26.2 Å². The lowest BCUT2D eigenvalue weighted by molar-refractivity contribution is 0.224. The molecule has 2 aromatic rings. The number of nitrogens with zero attached hydrogens (tertiary/aromatic N) is 1. The Hall–Kier alpha value is -1.81. The first-order valence-electron chi connectivity index (χ1n) is 10.2. The van der Waals surface area contributed by atoms with Crippen LogP contribution in [0.5, 0.6) is 5.75 Å². The highest BCUT2D eigenvalue weighted by molar-refractivity contribution is 5.77. The maximum absolute atomic E-state index is 11.3. The Morgan fingerprint density at radius 2 is 1.62 bits per heavy atom. The van der Waals surface area contributed by atoms with Crippen molar-refractivity contribution < 1.29 is 9.15 Å². The maximum atomic E-state index is 11.3. The second-order valence-electron chi connectivity index (χ2n) is 7.33. The van der Waals surface area contributed by atoms with Crippen LogP contribution in [0.25, 0.3) is 11.0 Å². The van der Waals surface area contributed by atoms with Gasteiger partial charge >= 0.3 is 5.63 Å². The van der Waals surface area contributed by atoms with E-state index >= 15 is 0 Å². The van der Waals surface area contributed by atoms with Gasteiger partial charge in [-0.1, -0.05) is 32.1 Å². The number of rotatable bonds is 10. The highest BCUT2D eigenvalue weighted by Gasteiger charge is 2.08. The average Bonchev–Trinajstić information content (AvgIpc) is 2.67. The Balaban J connectivity index is 1.23. The molecular weight excluding hydrogens is 326 g/mol. The minimum atomic E-state index is -0.324. The van der Waals surface area contributed by atoms with Gasteiger partial charge in [-0.05, 0) is 63.5 Å². The number of likely N-dealkylation sites (tertiary alicyclic amines) is 1. The summed E-state index contributed by atoms with van der Waals surface area (Å²) >= 11 is 0. The van der Waals surface area contributed by atoms with Crippen LogP contribution >= 0.6 is 0 Å². The summed E-state index contributed by atoms with van der Waals surface area (Å²) in [5.41, 5.74) is 0.263. The van der Waals surface area contributed by atoms with Crippen molar-refractivity contribution >= 4 is 11.0 Å². The van der Waals surface area contributed by atoms with Crippen LogP contribution in [0.4, 0.5) is 0 Å². The molecule has 3 rings (SSSR count). The van der Waals surface area contributed by atoms with E-state index in [4.69, 9.17) is 9.15 Å². The molecule has 2 heterocycles. The molecule has 0 saturated carbocycles. The molecular formula is C22H31NO3. The summed E-state index contributed by atoms with van der Waals surface area (Å²) in [5.74, 6) is 0.772. The van der Waals surface area contributed by atoms with E-state index in [2.05, 4.69) is 4.90 Å². The molecule has 1 aromatic heterocycles. The Morgan fingerprint density at radius 3 is 2.46 bits per heavy atom. The number of unbranched alkanes of at least 4 members (excludes halogenated alkanes) is 5. The second-order valence-corrected chi connectivity index (χ2v) is 7.33. The van der Waals surface area contributed by atoms with Gasteiger partial charge in [-0.25, -0.2) is 4.79 Å².